The van der Waals surface area contributed by atoms with Gasteiger partial charge in [-0.3, -0.25) is 0 Å². The summed E-state index contributed by atoms with van der Waals surface area (Å²) in [6, 6.07) is 15.9. The van der Waals surface area contributed by atoms with Crippen molar-refractivity contribution in [1.29, 1.82) is 0 Å². The lowest BCUT2D eigenvalue weighted by molar-refractivity contribution is 0.185. The standard InChI is InChI=1S/C17H16ClNO2/c1-20-11-12-6-2-4-8-15(12)19-10-14-13-7-3-5-9-16(13)21-17(14)18/h2-9,19H,10-11H2,1H3. The van der Waals surface area contributed by atoms with Crippen LogP contribution in [0.1, 0.15) is 11.1 Å². The van der Waals surface area contributed by atoms with Crippen molar-refractivity contribution in [3.05, 3.63) is 64.9 Å². The van der Waals surface area contributed by atoms with Crippen molar-refractivity contribution in [2.75, 3.05) is 12.4 Å². The number of hydrogen-bond acceptors (Lipinski definition) is 3. The topological polar surface area (TPSA) is 34.4 Å². The van der Waals surface area contributed by atoms with E-state index in [9.17, 15) is 0 Å². The number of halogens is 1. The van der Waals surface area contributed by atoms with Gasteiger partial charge in [0.1, 0.15) is 5.58 Å². The molecule has 1 N–H and O–H groups in total. The molecule has 1 aromatic heterocycles. The molecule has 21 heavy (non-hydrogen) atoms. The van der Waals surface area contributed by atoms with Crippen LogP contribution < -0.4 is 5.32 Å². The predicted octanol–water partition coefficient (Wildman–Crippen LogP) is 4.84. The maximum atomic E-state index is 6.20. The van der Waals surface area contributed by atoms with E-state index >= 15 is 0 Å². The third-order valence-electron chi connectivity index (χ3n) is 3.42. The molecule has 3 nitrogen and oxygen atoms in total. The number of anilines is 1. The van der Waals surface area contributed by atoms with E-state index < -0.39 is 0 Å². The summed E-state index contributed by atoms with van der Waals surface area (Å²) >= 11 is 6.20. The molecule has 2 aromatic carbocycles. The molecule has 0 amide bonds. The van der Waals surface area contributed by atoms with Gasteiger partial charge >= 0.3 is 0 Å². The maximum absolute atomic E-state index is 6.20. The van der Waals surface area contributed by atoms with Gasteiger partial charge in [0.25, 0.3) is 0 Å². The fourth-order valence-electron chi connectivity index (χ4n) is 2.39. The van der Waals surface area contributed by atoms with E-state index in [2.05, 4.69) is 5.32 Å². The highest BCUT2D eigenvalue weighted by Crippen LogP contribution is 2.30. The Morgan fingerprint density at radius 2 is 1.86 bits per heavy atom. The molecule has 0 atom stereocenters. The Labute approximate surface area is 128 Å². The van der Waals surface area contributed by atoms with Crippen molar-refractivity contribution in [3.8, 4) is 0 Å². The molecule has 0 unspecified atom stereocenters. The summed E-state index contributed by atoms with van der Waals surface area (Å²) in [5.41, 5.74) is 3.94. The fourth-order valence-corrected chi connectivity index (χ4v) is 2.64. The smallest absolute Gasteiger partial charge is 0.199 e. The van der Waals surface area contributed by atoms with Gasteiger partial charge in [-0.05, 0) is 23.7 Å². The second-order valence-electron chi connectivity index (χ2n) is 4.79. The summed E-state index contributed by atoms with van der Waals surface area (Å²) in [6.45, 7) is 1.18. The maximum Gasteiger partial charge on any atom is 0.199 e. The number of rotatable bonds is 5. The molecule has 108 valence electrons. The van der Waals surface area contributed by atoms with Gasteiger partial charge in [0, 0.05) is 35.9 Å². The zero-order valence-electron chi connectivity index (χ0n) is 11.7. The highest BCUT2D eigenvalue weighted by Gasteiger charge is 2.12. The summed E-state index contributed by atoms with van der Waals surface area (Å²) in [5, 5.41) is 4.89. The molecular formula is C17H16ClNO2. The van der Waals surface area contributed by atoms with Crippen molar-refractivity contribution < 1.29 is 9.15 Å². The molecule has 0 saturated carbocycles. The van der Waals surface area contributed by atoms with E-state index in [0.29, 0.717) is 18.4 Å². The highest BCUT2D eigenvalue weighted by molar-refractivity contribution is 6.30. The summed E-state index contributed by atoms with van der Waals surface area (Å²) in [7, 11) is 1.69. The van der Waals surface area contributed by atoms with Crippen LogP contribution in [0.4, 0.5) is 5.69 Å². The van der Waals surface area contributed by atoms with Crippen molar-refractivity contribution in [2.45, 2.75) is 13.2 Å². The Bertz CT molecular complexity index is 751. The molecule has 0 saturated heterocycles. The second kappa shape index (κ2) is 6.20. The first-order chi connectivity index (χ1) is 10.3. The molecule has 4 heteroatoms. The Balaban J connectivity index is 1.85. The Morgan fingerprint density at radius 1 is 1.10 bits per heavy atom. The van der Waals surface area contributed by atoms with Gasteiger partial charge in [0.15, 0.2) is 5.22 Å². The minimum atomic E-state index is 0.438. The minimum Gasteiger partial charge on any atom is -0.444 e. The number of hydrogen-bond donors (Lipinski definition) is 1. The average molecular weight is 302 g/mol. The number of para-hydroxylation sites is 2. The van der Waals surface area contributed by atoms with Crippen LogP contribution in [0.15, 0.2) is 52.9 Å². The molecule has 0 bridgehead atoms. The largest absolute Gasteiger partial charge is 0.444 e. The number of nitrogens with one attached hydrogen (secondary N) is 1. The number of fused-ring (bicyclic) bond motifs is 1. The lowest BCUT2D eigenvalue weighted by Crippen LogP contribution is -2.03. The van der Waals surface area contributed by atoms with Gasteiger partial charge in [-0.1, -0.05) is 36.4 Å². The van der Waals surface area contributed by atoms with Crippen LogP contribution in [-0.2, 0) is 17.9 Å². The molecule has 0 spiro atoms. The second-order valence-corrected chi connectivity index (χ2v) is 5.14. The lowest BCUT2D eigenvalue weighted by atomic mass is 10.1. The first-order valence-corrected chi connectivity index (χ1v) is 7.14. The molecule has 0 aliphatic heterocycles. The quantitative estimate of drug-likeness (QED) is 0.732. The van der Waals surface area contributed by atoms with E-state index in [4.69, 9.17) is 20.8 Å². The van der Waals surface area contributed by atoms with Gasteiger partial charge in [-0.25, -0.2) is 0 Å². The SMILES string of the molecule is COCc1ccccc1NCc1c(Cl)oc2ccccc12. The third kappa shape index (κ3) is 2.89. The molecule has 0 radical (unpaired) electrons. The van der Waals surface area contributed by atoms with Crippen molar-refractivity contribution in [3.63, 3.8) is 0 Å². The third-order valence-corrected chi connectivity index (χ3v) is 3.73. The highest BCUT2D eigenvalue weighted by atomic mass is 35.5. The van der Waals surface area contributed by atoms with Crippen LogP contribution in [0.25, 0.3) is 11.0 Å². The molecule has 0 aliphatic rings. The Morgan fingerprint density at radius 3 is 2.71 bits per heavy atom. The Hall–Kier alpha value is -1.97. The molecule has 3 aromatic rings. The summed E-state index contributed by atoms with van der Waals surface area (Å²) in [5.74, 6) is 0. The number of methoxy groups -OCH3 is 1. The zero-order chi connectivity index (χ0) is 14.7. The molecule has 0 aliphatic carbocycles. The fraction of sp³-hybridized carbons (Fsp3) is 0.176. The molecule has 3 rings (SSSR count). The molecule has 1 heterocycles. The van der Waals surface area contributed by atoms with Gasteiger partial charge in [0.05, 0.1) is 6.61 Å². The first kappa shape index (κ1) is 14.0. The van der Waals surface area contributed by atoms with Crippen LogP contribution in [0, 0.1) is 0 Å². The van der Waals surface area contributed by atoms with E-state index in [1.165, 1.54) is 0 Å². The zero-order valence-corrected chi connectivity index (χ0v) is 12.5. The number of ether oxygens (including phenoxy) is 1. The van der Waals surface area contributed by atoms with Crippen molar-refractivity contribution in [2.24, 2.45) is 0 Å². The van der Waals surface area contributed by atoms with E-state index in [1.807, 2.05) is 48.5 Å². The minimum absolute atomic E-state index is 0.438. The van der Waals surface area contributed by atoms with Crippen LogP contribution in [0.5, 0.6) is 0 Å². The Kier molecular flexibility index (Phi) is 4.13. The lowest BCUT2D eigenvalue weighted by Gasteiger charge is -2.11. The summed E-state index contributed by atoms with van der Waals surface area (Å²) < 4.78 is 10.8. The van der Waals surface area contributed by atoms with E-state index in [-0.39, 0.29) is 0 Å². The van der Waals surface area contributed by atoms with Crippen LogP contribution in [0.3, 0.4) is 0 Å². The number of benzene rings is 2. The van der Waals surface area contributed by atoms with E-state index in [1.54, 1.807) is 7.11 Å². The van der Waals surface area contributed by atoms with Crippen molar-refractivity contribution >= 4 is 28.3 Å². The summed E-state index contributed by atoms with van der Waals surface area (Å²) in [4.78, 5) is 0. The van der Waals surface area contributed by atoms with Gasteiger partial charge in [-0.2, -0.15) is 0 Å². The number of furan rings is 1. The van der Waals surface area contributed by atoms with Crippen LogP contribution in [-0.4, -0.2) is 7.11 Å². The first-order valence-electron chi connectivity index (χ1n) is 6.76. The molecular weight excluding hydrogens is 286 g/mol. The summed E-state index contributed by atoms with van der Waals surface area (Å²) in [6.07, 6.45) is 0. The van der Waals surface area contributed by atoms with Gasteiger partial charge in [0.2, 0.25) is 0 Å². The van der Waals surface area contributed by atoms with Crippen LogP contribution >= 0.6 is 11.6 Å². The van der Waals surface area contributed by atoms with Gasteiger partial charge in [-0.15, -0.1) is 0 Å². The predicted molar refractivity (Wildman–Crippen MR) is 85.7 cm³/mol. The van der Waals surface area contributed by atoms with Crippen LogP contribution in [0.2, 0.25) is 5.22 Å². The monoisotopic (exact) mass is 301 g/mol. The average Bonchev–Trinajstić information content (AvgIpc) is 2.82. The molecule has 0 fully saturated rings. The van der Waals surface area contributed by atoms with Gasteiger partial charge < -0.3 is 14.5 Å². The normalized spacial score (nSPS) is 11.0. The van der Waals surface area contributed by atoms with E-state index in [0.717, 1.165) is 27.8 Å². The van der Waals surface area contributed by atoms with Crippen molar-refractivity contribution in [1.82, 2.24) is 0 Å².